The Hall–Kier alpha value is -2.04. The summed E-state index contributed by atoms with van der Waals surface area (Å²) >= 11 is 0. The van der Waals surface area contributed by atoms with Crippen molar-refractivity contribution in [1.82, 2.24) is 10.2 Å². The normalized spacial score (nSPS) is 20.3. The van der Waals surface area contributed by atoms with Crippen LogP contribution in [0.3, 0.4) is 0 Å². The summed E-state index contributed by atoms with van der Waals surface area (Å²) in [5.74, 6) is 1.70. The molecule has 5 heteroatoms. The Labute approximate surface area is 187 Å². The molecule has 3 rings (SSSR count). The zero-order valence-electron chi connectivity index (χ0n) is 19.7. The van der Waals surface area contributed by atoms with E-state index >= 15 is 0 Å². The highest BCUT2D eigenvalue weighted by Gasteiger charge is 2.36. The molecule has 1 aromatic carbocycles. The van der Waals surface area contributed by atoms with Gasteiger partial charge in [-0.2, -0.15) is 0 Å². The maximum absolute atomic E-state index is 13.0. The van der Waals surface area contributed by atoms with E-state index in [9.17, 15) is 9.59 Å². The molecule has 1 aliphatic carbocycles. The van der Waals surface area contributed by atoms with Crippen LogP contribution in [0.5, 0.6) is 0 Å². The first-order chi connectivity index (χ1) is 14.7. The highest BCUT2D eigenvalue weighted by molar-refractivity contribution is 5.76. The van der Waals surface area contributed by atoms with Crippen molar-refractivity contribution in [2.75, 3.05) is 13.1 Å². The minimum atomic E-state index is -0.464. The van der Waals surface area contributed by atoms with Crippen LogP contribution in [-0.4, -0.2) is 35.6 Å². The Morgan fingerprint density at radius 3 is 2.19 bits per heavy atom. The zero-order chi connectivity index (χ0) is 22.4. The molecule has 2 fully saturated rings. The predicted molar refractivity (Wildman–Crippen MR) is 124 cm³/mol. The molecule has 2 aliphatic rings. The van der Waals surface area contributed by atoms with Gasteiger partial charge in [0.2, 0.25) is 5.91 Å². The molecule has 2 atom stereocenters. The van der Waals surface area contributed by atoms with Crippen molar-refractivity contribution in [3.8, 4) is 0 Å². The maximum Gasteiger partial charge on any atom is 0.410 e. The number of carbonyl (C=O) groups is 2. The molecule has 1 aliphatic heterocycles. The van der Waals surface area contributed by atoms with E-state index in [0.29, 0.717) is 24.2 Å². The summed E-state index contributed by atoms with van der Waals surface area (Å²) in [5.41, 5.74) is 0.673. The number of benzene rings is 1. The lowest BCUT2D eigenvalue weighted by atomic mass is 9.74. The Kier molecular flexibility index (Phi) is 8.01. The Bertz CT molecular complexity index is 714. The summed E-state index contributed by atoms with van der Waals surface area (Å²) in [4.78, 5) is 27.2. The number of hydrogen-bond donors (Lipinski definition) is 1. The fourth-order valence-electron chi connectivity index (χ4n) is 5.28. The fraction of sp³-hybridized carbons (Fsp3) is 0.692. The van der Waals surface area contributed by atoms with Gasteiger partial charge in [-0.3, -0.25) is 4.79 Å². The van der Waals surface area contributed by atoms with Crippen LogP contribution in [0.2, 0.25) is 0 Å². The number of hydrogen-bond acceptors (Lipinski definition) is 3. The summed E-state index contributed by atoms with van der Waals surface area (Å²) in [6.45, 7) is 9.22. The third kappa shape index (κ3) is 6.98. The number of ether oxygens (including phenoxy) is 1. The smallest absolute Gasteiger partial charge is 0.410 e. The van der Waals surface area contributed by atoms with Gasteiger partial charge >= 0.3 is 6.09 Å². The van der Waals surface area contributed by atoms with Crippen LogP contribution < -0.4 is 5.32 Å². The highest BCUT2D eigenvalue weighted by atomic mass is 16.6. The molecule has 1 N–H and O–H groups in total. The van der Waals surface area contributed by atoms with Gasteiger partial charge in [-0.05, 0) is 63.9 Å². The van der Waals surface area contributed by atoms with Crippen LogP contribution in [0.4, 0.5) is 4.79 Å². The third-order valence-corrected chi connectivity index (χ3v) is 6.90. The molecule has 0 unspecified atom stereocenters. The van der Waals surface area contributed by atoms with E-state index in [-0.39, 0.29) is 18.0 Å². The standard InChI is InChI=1S/C26H40N2O3/c1-19(20-10-6-5-7-11-20)27-24(29)18-23(21-12-8-9-13-21)22-14-16-28(17-15-22)25(30)31-26(2,3)4/h5-7,10-11,19,21-23H,8-9,12-18H2,1-4H3,(H,27,29)/t19-,23+/m0/s1. The van der Waals surface area contributed by atoms with Crippen LogP contribution in [0.1, 0.15) is 84.2 Å². The molecular formula is C26H40N2O3. The lowest BCUT2D eigenvalue weighted by Crippen LogP contribution is -2.44. The summed E-state index contributed by atoms with van der Waals surface area (Å²) in [5, 5.41) is 3.22. The Morgan fingerprint density at radius 1 is 1.03 bits per heavy atom. The van der Waals surface area contributed by atoms with Crippen molar-refractivity contribution in [3.05, 3.63) is 35.9 Å². The lowest BCUT2D eigenvalue weighted by Gasteiger charge is -2.38. The summed E-state index contributed by atoms with van der Waals surface area (Å²) in [7, 11) is 0. The summed E-state index contributed by atoms with van der Waals surface area (Å²) < 4.78 is 5.55. The highest BCUT2D eigenvalue weighted by Crippen LogP contribution is 2.41. The Morgan fingerprint density at radius 2 is 1.61 bits per heavy atom. The van der Waals surface area contributed by atoms with Crippen molar-refractivity contribution in [2.24, 2.45) is 17.8 Å². The number of piperidine rings is 1. The van der Waals surface area contributed by atoms with Crippen molar-refractivity contribution < 1.29 is 14.3 Å². The van der Waals surface area contributed by atoms with Gasteiger partial charge in [0, 0.05) is 19.5 Å². The van der Waals surface area contributed by atoms with Crippen molar-refractivity contribution in [1.29, 1.82) is 0 Å². The number of nitrogens with zero attached hydrogens (tertiary/aromatic N) is 1. The molecule has 1 heterocycles. The second-order valence-electron chi connectivity index (χ2n) is 10.4. The van der Waals surface area contributed by atoms with Crippen LogP contribution in [0.15, 0.2) is 30.3 Å². The molecule has 1 saturated carbocycles. The van der Waals surface area contributed by atoms with Gasteiger partial charge in [-0.1, -0.05) is 56.0 Å². The average Bonchev–Trinajstić information content (AvgIpc) is 3.26. The van der Waals surface area contributed by atoms with Crippen LogP contribution in [0, 0.1) is 17.8 Å². The number of nitrogens with one attached hydrogen (secondary N) is 1. The monoisotopic (exact) mass is 428 g/mol. The lowest BCUT2D eigenvalue weighted by molar-refractivity contribution is -0.123. The first-order valence-corrected chi connectivity index (χ1v) is 12.0. The summed E-state index contributed by atoms with van der Waals surface area (Å²) in [6.07, 6.45) is 7.33. The molecule has 0 bridgehead atoms. The van der Waals surface area contributed by atoms with Crippen LogP contribution >= 0.6 is 0 Å². The minimum absolute atomic E-state index is 0.0203. The van der Waals surface area contributed by atoms with Gasteiger partial charge in [0.15, 0.2) is 0 Å². The SMILES string of the molecule is C[C@H](NC(=O)C[C@H](C1CCCC1)C1CCN(C(=O)OC(C)(C)C)CC1)c1ccccc1. The molecule has 0 aromatic heterocycles. The van der Waals surface area contributed by atoms with E-state index in [4.69, 9.17) is 4.74 Å². The van der Waals surface area contributed by atoms with Gasteiger partial charge < -0.3 is 15.0 Å². The van der Waals surface area contributed by atoms with E-state index < -0.39 is 5.60 Å². The van der Waals surface area contributed by atoms with E-state index in [2.05, 4.69) is 24.4 Å². The predicted octanol–water partition coefficient (Wildman–Crippen LogP) is 5.71. The van der Waals surface area contributed by atoms with Gasteiger partial charge in [-0.25, -0.2) is 4.79 Å². The molecule has 31 heavy (non-hydrogen) atoms. The molecule has 1 aromatic rings. The van der Waals surface area contributed by atoms with Gasteiger partial charge in [0.1, 0.15) is 5.60 Å². The van der Waals surface area contributed by atoms with Gasteiger partial charge in [0.25, 0.3) is 0 Å². The minimum Gasteiger partial charge on any atom is -0.444 e. The molecule has 2 amide bonds. The topological polar surface area (TPSA) is 58.6 Å². The third-order valence-electron chi connectivity index (χ3n) is 6.90. The summed E-state index contributed by atoms with van der Waals surface area (Å²) in [6, 6.07) is 10.2. The van der Waals surface area contributed by atoms with E-state index in [1.807, 2.05) is 43.9 Å². The molecule has 0 radical (unpaired) electrons. The van der Waals surface area contributed by atoms with E-state index in [0.717, 1.165) is 31.5 Å². The van der Waals surface area contributed by atoms with Gasteiger partial charge in [-0.15, -0.1) is 0 Å². The second-order valence-corrected chi connectivity index (χ2v) is 10.4. The van der Waals surface area contributed by atoms with E-state index in [1.165, 1.54) is 25.7 Å². The first-order valence-electron chi connectivity index (χ1n) is 12.0. The number of rotatable bonds is 6. The largest absolute Gasteiger partial charge is 0.444 e. The van der Waals surface area contributed by atoms with Crippen molar-refractivity contribution in [3.63, 3.8) is 0 Å². The van der Waals surface area contributed by atoms with Crippen molar-refractivity contribution >= 4 is 12.0 Å². The first kappa shape index (κ1) is 23.6. The number of likely N-dealkylation sites (tertiary alicyclic amines) is 1. The molecule has 5 nitrogen and oxygen atoms in total. The van der Waals surface area contributed by atoms with E-state index in [1.54, 1.807) is 0 Å². The van der Waals surface area contributed by atoms with Crippen LogP contribution in [-0.2, 0) is 9.53 Å². The molecular weight excluding hydrogens is 388 g/mol. The number of carbonyl (C=O) groups excluding carboxylic acids is 2. The zero-order valence-corrected chi connectivity index (χ0v) is 19.7. The second kappa shape index (κ2) is 10.5. The van der Waals surface area contributed by atoms with Crippen molar-refractivity contribution in [2.45, 2.75) is 84.3 Å². The molecule has 1 saturated heterocycles. The number of amides is 2. The fourth-order valence-corrected chi connectivity index (χ4v) is 5.28. The Balaban J connectivity index is 1.57. The van der Waals surface area contributed by atoms with Crippen LogP contribution in [0.25, 0.3) is 0 Å². The average molecular weight is 429 g/mol. The quantitative estimate of drug-likeness (QED) is 0.631. The molecule has 0 spiro atoms. The maximum atomic E-state index is 13.0. The molecule has 172 valence electrons. The van der Waals surface area contributed by atoms with Gasteiger partial charge in [0.05, 0.1) is 6.04 Å².